The minimum atomic E-state index is -0.251. The Labute approximate surface area is 160 Å². The number of rotatable bonds is 7. The normalized spacial score (nSPS) is 11.1. The first-order valence-electron chi connectivity index (χ1n) is 8.72. The van der Waals surface area contributed by atoms with Gasteiger partial charge in [-0.05, 0) is 36.8 Å². The van der Waals surface area contributed by atoms with Gasteiger partial charge >= 0.3 is 0 Å². The minimum Gasteiger partial charge on any atom is -0.493 e. The smallest absolute Gasteiger partial charge is 0.195 e. The van der Waals surface area contributed by atoms with Gasteiger partial charge in [-0.25, -0.2) is 4.39 Å². The van der Waals surface area contributed by atoms with Gasteiger partial charge in [-0.1, -0.05) is 6.07 Å². The van der Waals surface area contributed by atoms with Crippen LogP contribution in [0.15, 0.2) is 41.4 Å². The molecule has 0 heterocycles. The first-order valence-corrected chi connectivity index (χ1v) is 8.72. The van der Waals surface area contributed by atoms with Gasteiger partial charge in [0.1, 0.15) is 5.82 Å². The number of nitrogens with one attached hydrogen (secondary N) is 2. The van der Waals surface area contributed by atoms with E-state index < -0.39 is 0 Å². The molecule has 7 heteroatoms. The van der Waals surface area contributed by atoms with Crippen LogP contribution in [0.5, 0.6) is 11.5 Å². The fourth-order valence-electron chi connectivity index (χ4n) is 2.55. The zero-order valence-corrected chi connectivity index (χ0v) is 16.5. The Balaban J connectivity index is 2.04. The first-order chi connectivity index (χ1) is 13.0. The number of ether oxygens (including phenoxy) is 2. The van der Waals surface area contributed by atoms with Crippen LogP contribution >= 0.6 is 0 Å². The molecule has 0 aliphatic carbocycles. The second kappa shape index (κ2) is 9.66. The van der Waals surface area contributed by atoms with Crippen molar-refractivity contribution in [1.29, 1.82) is 0 Å². The number of nitrogens with zero attached hydrogens (tertiary/aromatic N) is 2. The second-order valence-corrected chi connectivity index (χ2v) is 6.03. The van der Waals surface area contributed by atoms with Gasteiger partial charge in [-0.3, -0.25) is 4.99 Å². The van der Waals surface area contributed by atoms with Crippen molar-refractivity contribution in [3.63, 3.8) is 0 Å². The fourth-order valence-corrected chi connectivity index (χ4v) is 2.55. The molecule has 0 fully saturated rings. The van der Waals surface area contributed by atoms with E-state index in [9.17, 15) is 4.39 Å². The number of guanidine groups is 1. The maximum Gasteiger partial charge on any atom is 0.195 e. The van der Waals surface area contributed by atoms with E-state index in [1.807, 2.05) is 45.3 Å². The Morgan fingerprint density at radius 3 is 2.52 bits per heavy atom. The van der Waals surface area contributed by atoms with Crippen molar-refractivity contribution in [2.45, 2.75) is 13.5 Å². The molecule has 0 atom stereocenters. The molecule has 0 saturated carbocycles. The summed E-state index contributed by atoms with van der Waals surface area (Å²) in [5.41, 5.74) is 2.19. The van der Waals surface area contributed by atoms with E-state index in [0.29, 0.717) is 36.3 Å². The summed E-state index contributed by atoms with van der Waals surface area (Å²) >= 11 is 0. The molecule has 0 radical (unpaired) electrons. The summed E-state index contributed by atoms with van der Waals surface area (Å²) in [7, 11) is 6.91. The third-order valence-electron chi connectivity index (χ3n) is 3.90. The van der Waals surface area contributed by atoms with Crippen LogP contribution in [0, 0.1) is 5.82 Å². The molecule has 0 aliphatic rings. The highest BCUT2D eigenvalue weighted by molar-refractivity contribution is 5.93. The molecule has 0 spiro atoms. The summed E-state index contributed by atoms with van der Waals surface area (Å²) < 4.78 is 25.0. The van der Waals surface area contributed by atoms with Crippen LogP contribution < -0.4 is 25.0 Å². The molecular formula is C20H27FN4O2. The molecule has 0 unspecified atom stereocenters. The van der Waals surface area contributed by atoms with E-state index in [1.54, 1.807) is 25.1 Å². The standard InChI is InChI=1S/C20H27FN4O2/c1-6-27-19-12-15(8-10-18(19)26-5)24-20(22-2)23-13-14-7-9-17(25(3)4)16(21)11-14/h7-12H,6,13H2,1-5H3,(H2,22,23,24). The summed E-state index contributed by atoms with van der Waals surface area (Å²) in [4.78, 5) is 5.95. The topological polar surface area (TPSA) is 58.1 Å². The van der Waals surface area contributed by atoms with E-state index >= 15 is 0 Å². The molecule has 0 aliphatic heterocycles. The Hall–Kier alpha value is -2.96. The Bertz CT molecular complexity index is 794. The van der Waals surface area contributed by atoms with Crippen LogP contribution in [0.3, 0.4) is 0 Å². The highest BCUT2D eigenvalue weighted by Crippen LogP contribution is 2.30. The summed E-state index contributed by atoms with van der Waals surface area (Å²) in [5, 5.41) is 6.37. The highest BCUT2D eigenvalue weighted by Gasteiger charge is 2.08. The number of methoxy groups -OCH3 is 1. The predicted molar refractivity (Wildman–Crippen MR) is 109 cm³/mol. The molecule has 0 bridgehead atoms. The van der Waals surface area contributed by atoms with Gasteiger partial charge in [-0.15, -0.1) is 0 Å². The lowest BCUT2D eigenvalue weighted by Gasteiger charge is -2.16. The molecule has 6 nitrogen and oxygen atoms in total. The molecule has 2 aromatic carbocycles. The van der Waals surface area contributed by atoms with Crippen LogP contribution in [-0.2, 0) is 6.54 Å². The van der Waals surface area contributed by atoms with Gasteiger partial charge < -0.3 is 25.0 Å². The van der Waals surface area contributed by atoms with Crippen molar-refractivity contribution in [2.24, 2.45) is 4.99 Å². The van der Waals surface area contributed by atoms with Gasteiger partial charge in [0.25, 0.3) is 0 Å². The zero-order valence-electron chi connectivity index (χ0n) is 16.5. The summed E-state index contributed by atoms with van der Waals surface area (Å²) in [6.07, 6.45) is 0. The third kappa shape index (κ3) is 5.51. The van der Waals surface area contributed by atoms with Gasteiger partial charge in [0.2, 0.25) is 0 Å². The van der Waals surface area contributed by atoms with Crippen LogP contribution in [0.2, 0.25) is 0 Å². The first kappa shape index (κ1) is 20.4. The SMILES string of the molecule is CCOc1cc(NC(=NC)NCc2ccc(N(C)C)c(F)c2)ccc1OC. The summed E-state index contributed by atoms with van der Waals surface area (Å²) in [5.74, 6) is 1.64. The molecule has 2 N–H and O–H groups in total. The van der Waals surface area contributed by atoms with Crippen LogP contribution in [0.4, 0.5) is 15.8 Å². The largest absolute Gasteiger partial charge is 0.493 e. The van der Waals surface area contributed by atoms with Crippen molar-refractivity contribution >= 4 is 17.3 Å². The van der Waals surface area contributed by atoms with Crippen molar-refractivity contribution in [3.8, 4) is 11.5 Å². The minimum absolute atomic E-state index is 0.251. The maximum absolute atomic E-state index is 14.1. The van der Waals surface area contributed by atoms with Crippen LogP contribution in [0.25, 0.3) is 0 Å². The fraction of sp³-hybridized carbons (Fsp3) is 0.350. The number of halogens is 1. The number of anilines is 2. The molecule has 0 amide bonds. The lowest BCUT2D eigenvalue weighted by atomic mass is 10.2. The molecule has 146 valence electrons. The third-order valence-corrected chi connectivity index (χ3v) is 3.90. The van der Waals surface area contributed by atoms with Crippen molar-refractivity contribution < 1.29 is 13.9 Å². The maximum atomic E-state index is 14.1. The van der Waals surface area contributed by atoms with E-state index in [2.05, 4.69) is 15.6 Å². The monoisotopic (exact) mass is 374 g/mol. The molecule has 2 aromatic rings. The quantitative estimate of drug-likeness (QED) is 0.574. The zero-order chi connectivity index (χ0) is 19.8. The number of hydrogen-bond donors (Lipinski definition) is 2. The highest BCUT2D eigenvalue weighted by atomic mass is 19.1. The average molecular weight is 374 g/mol. The van der Waals surface area contributed by atoms with Crippen molar-refractivity contribution in [3.05, 3.63) is 47.8 Å². The average Bonchev–Trinajstić information content (AvgIpc) is 2.65. The Kier molecular flexibility index (Phi) is 7.28. The number of aliphatic imine (C=N–C) groups is 1. The summed E-state index contributed by atoms with van der Waals surface area (Å²) in [6.45, 7) is 2.90. The lowest BCUT2D eigenvalue weighted by Crippen LogP contribution is -2.30. The Morgan fingerprint density at radius 1 is 1.15 bits per heavy atom. The van der Waals surface area contributed by atoms with E-state index in [-0.39, 0.29) is 5.82 Å². The lowest BCUT2D eigenvalue weighted by molar-refractivity contribution is 0.311. The Morgan fingerprint density at radius 2 is 1.93 bits per heavy atom. The second-order valence-electron chi connectivity index (χ2n) is 6.03. The molecule has 0 aromatic heterocycles. The number of hydrogen-bond acceptors (Lipinski definition) is 4. The van der Waals surface area contributed by atoms with Gasteiger partial charge in [0.15, 0.2) is 17.5 Å². The van der Waals surface area contributed by atoms with E-state index in [1.165, 1.54) is 6.07 Å². The van der Waals surface area contributed by atoms with Crippen molar-refractivity contribution in [1.82, 2.24) is 5.32 Å². The van der Waals surface area contributed by atoms with E-state index in [4.69, 9.17) is 9.47 Å². The predicted octanol–water partition coefficient (Wildman–Crippen LogP) is 3.49. The molecule has 0 saturated heterocycles. The molecular weight excluding hydrogens is 347 g/mol. The van der Waals surface area contributed by atoms with Gasteiger partial charge in [0.05, 0.1) is 19.4 Å². The van der Waals surface area contributed by atoms with E-state index in [0.717, 1.165) is 11.3 Å². The van der Waals surface area contributed by atoms with Crippen LogP contribution in [-0.4, -0.2) is 40.8 Å². The van der Waals surface area contributed by atoms with Gasteiger partial charge in [-0.2, -0.15) is 0 Å². The van der Waals surface area contributed by atoms with Crippen molar-refractivity contribution in [2.75, 3.05) is 45.1 Å². The number of benzene rings is 2. The van der Waals surface area contributed by atoms with Gasteiger partial charge in [0, 0.05) is 39.4 Å². The molecule has 2 rings (SSSR count). The van der Waals surface area contributed by atoms with Crippen LogP contribution in [0.1, 0.15) is 12.5 Å². The molecule has 27 heavy (non-hydrogen) atoms. The summed E-state index contributed by atoms with van der Waals surface area (Å²) in [6, 6.07) is 10.7.